The second kappa shape index (κ2) is 4.27. The number of alkyl halides is 3. The summed E-state index contributed by atoms with van der Waals surface area (Å²) in [5, 5.41) is 0. The maximum atomic E-state index is 11.8. The summed E-state index contributed by atoms with van der Waals surface area (Å²) in [6.45, 7) is 0.563. The zero-order valence-corrected chi connectivity index (χ0v) is 8.39. The highest BCUT2D eigenvalue weighted by molar-refractivity contribution is 4.90. The first kappa shape index (κ1) is 11.2. The number of nitrogens with zero attached hydrogens (tertiary/aromatic N) is 1. The highest BCUT2D eigenvalue weighted by Crippen LogP contribution is 2.29. The van der Waals surface area contributed by atoms with Crippen LogP contribution in [-0.2, 0) is 4.84 Å². The second-order valence-electron chi connectivity index (χ2n) is 4.23. The van der Waals surface area contributed by atoms with E-state index in [1.165, 1.54) is 12.8 Å². The van der Waals surface area contributed by atoms with Crippen molar-refractivity contribution in [3.63, 3.8) is 0 Å². The molecule has 0 aromatic carbocycles. The molecule has 1 saturated carbocycles. The molecule has 1 aliphatic heterocycles. The van der Waals surface area contributed by atoms with E-state index < -0.39 is 12.8 Å². The van der Waals surface area contributed by atoms with Gasteiger partial charge in [0, 0.05) is 25.2 Å². The summed E-state index contributed by atoms with van der Waals surface area (Å²) in [6, 6.07) is 0.729. The van der Waals surface area contributed by atoms with Crippen LogP contribution in [0, 0.1) is 0 Å². The fourth-order valence-corrected chi connectivity index (χ4v) is 1.90. The molecule has 88 valence electrons. The Bertz CT molecular complexity index is 218. The minimum Gasteiger partial charge on any atom is -0.299 e. The summed E-state index contributed by atoms with van der Waals surface area (Å²) in [5.41, 5.74) is 2.49. The molecule has 0 spiro atoms. The topological polar surface area (TPSA) is 24.5 Å². The zero-order valence-electron chi connectivity index (χ0n) is 8.39. The molecular formula is C9H15F3N2O. The van der Waals surface area contributed by atoms with Gasteiger partial charge in [-0.05, 0) is 19.3 Å². The van der Waals surface area contributed by atoms with Gasteiger partial charge < -0.3 is 0 Å². The predicted molar refractivity (Wildman–Crippen MR) is 48.1 cm³/mol. The third-order valence-corrected chi connectivity index (χ3v) is 2.77. The molecule has 1 N–H and O–H groups in total. The summed E-state index contributed by atoms with van der Waals surface area (Å²) < 4.78 is 35.3. The summed E-state index contributed by atoms with van der Waals surface area (Å²) in [5.74, 6) is 0. The maximum absolute atomic E-state index is 11.8. The van der Waals surface area contributed by atoms with Crippen LogP contribution < -0.4 is 5.48 Å². The first-order valence-electron chi connectivity index (χ1n) is 5.23. The Morgan fingerprint density at radius 3 is 2.60 bits per heavy atom. The van der Waals surface area contributed by atoms with Crippen LogP contribution in [0.15, 0.2) is 0 Å². The summed E-state index contributed by atoms with van der Waals surface area (Å²) in [6.07, 6.45) is -0.914. The van der Waals surface area contributed by atoms with Gasteiger partial charge in [0.05, 0.1) is 0 Å². The normalized spacial score (nSPS) is 28.6. The molecule has 1 unspecified atom stereocenters. The first-order chi connectivity index (χ1) is 7.04. The van der Waals surface area contributed by atoms with Crippen molar-refractivity contribution in [2.45, 2.75) is 37.5 Å². The van der Waals surface area contributed by atoms with E-state index in [0.29, 0.717) is 6.04 Å². The van der Waals surface area contributed by atoms with Crippen LogP contribution >= 0.6 is 0 Å². The smallest absolute Gasteiger partial charge is 0.299 e. The molecule has 2 rings (SSSR count). The molecule has 1 saturated heterocycles. The van der Waals surface area contributed by atoms with Crippen LogP contribution in [0.4, 0.5) is 13.2 Å². The molecule has 0 amide bonds. The quantitative estimate of drug-likeness (QED) is 0.729. The van der Waals surface area contributed by atoms with Gasteiger partial charge in [0.25, 0.3) is 0 Å². The van der Waals surface area contributed by atoms with E-state index in [9.17, 15) is 13.2 Å². The number of nitrogens with one attached hydrogen (secondary N) is 1. The third-order valence-electron chi connectivity index (χ3n) is 2.77. The monoisotopic (exact) mass is 224 g/mol. The Labute approximate surface area is 86.5 Å². The lowest BCUT2D eigenvalue weighted by Gasteiger charge is -2.16. The van der Waals surface area contributed by atoms with E-state index in [4.69, 9.17) is 0 Å². The SMILES string of the molecule is FC(F)(F)CONC1CCN(C2CC2)C1. The van der Waals surface area contributed by atoms with Crippen LogP contribution in [0.3, 0.4) is 0 Å². The van der Waals surface area contributed by atoms with Crippen LogP contribution in [0.5, 0.6) is 0 Å². The van der Waals surface area contributed by atoms with Crippen molar-refractivity contribution >= 4 is 0 Å². The molecule has 1 heterocycles. The van der Waals surface area contributed by atoms with Crippen LogP contribution in [0.1, 0.15) is 19.3 Å². The van der Waals surface area contributed by atoms with Gasteiger partial charge in [-0.3, -0.25) is 9.74 Å². The lowest BCUT2D eigenvalue weighted by molar-refractivity contribution is -0.192. The van der Waals surface area contributed by atoms with Crippen molar-refractivity contribution in [3.8, 4) is 0 Å². The molecule has 2 fully saturated rings. The molecular weight excluding hydrogens is 209 g/mol. The number of hydroxylamine groups is 1. The maximum Gasteiger partial charge on any atom is 0.413 e. The van der Waals surface area contributed by atoms with E-state index in [2.05, 4.69) is 15.2 Å². The van der Waals surface area contributed by atoms with Crippen LogP contribution in [0.25, 0.3) is 0 Å². The van der Waals surface area contributed by atoms with E-state index in [-0.39, 0.29) is 6.04 Å². The molecule has 1 atom stereocenters. The van der Waals surface area contributed by atoms with Gasteiger partial charge in [-0.2, -0.15) is 18.7 Å². The Hall–Kier alpha value is -0.330. The van der Waals surface area contributed by atoms with E-state index in [0.717, 1.165) is 19.5 Å². The molecule has 15 heavy (non-hydrogen) atoms. The van der Waals surface area contributed by atoms with E-state index in [1.807, 2.05) is 0 Å². The molecule has 1 aliphatic carbocycles. The fraction of sp³-hybridized carbons (Fsp3) is 1.00. The third kappa shape index (κ3) is 3.62. The van der Waals surface area contributed by atoms with E-state index >= 15 is 0 Å². The number of halogens is 3. The molecule has 0 aromatic heterocycles. The molecule has 0 radical (unpaired) electrons. The largest absolute Gasteiger partial charge is 0.413 e. The zero-order chi connectivity index (χ0) is 10.9. The second-order valence-corrected chi connectivity index (χ2v) is 4.23. The molecule has 0 aromatic rings. The Morgan fingerprint density at radius 2 is 2.00 bits per heavy atom. The van der Waals surface area contributed by atoms with Crippen LogP contribution in [-0.4, -0.2) is 42.9 Å². The van der Waals surface area contributed by atoms with Gasteiger partial charge in [-0.25, -0.2) is 0 Å². The van der Waals surface area contributed by atoms with Crippen molar-refractivity contribution in [1.82, 2.24) is 10.4 Å². The summed E-state index contributed by atoms with van der Waals surface area (Å²) in [7, 11) is 0. The number of likely N-dealkylation sites (tertiary alicyclic amines) is 1. The van der Waals surface area contributed by atoms with Crippen molar-refractivity contribution in [3.05, 3.63) is 0 Å². The number of hydrogen-bond acceptors (Lipinski definition) is 3. The lowest BCUT2D eigenvalue weighted by Crippen LogP contribution is -2.35. The van der Waals surface area contributed by atoms with Gasteiger partial charge in [0.2, 0.25) is 0 Å². The van der Waals surface area contributed by atoms with Crippen molar-refractivity contribution in [2.75, 3.05) is 19.7 Å². The highest BCUT2D eigenvalue weighted by Gasteiger charge is 2.35. The lowest BCUT2D eigenvalue weighted by atomic mass is 10.3. The minimum atomic E-state index is -4.25. The molecule has 3 nitrogen and oxygen atoms in total. The Kier molecular flexibility index (Phi) is 3.18. The van der Waals surface area contributed by atoms with Gasteiger partial charge in [0.15, 0.2) is 6.61 Å². The molecule has 6 heteroatoms. The Morgan fingerprint density at radius 1 is 1.27 bits per heavy atom. The number of hydrogen-bond donors (Lipinski definition) is 1. The van der Waals surface area contributed by atoms with Crippen molar-refractivity contribution in [1.29, 1.82) is 0 Å². The van der Waals surface area contributed by atoms with Crippen molar-refractivity contribution < 1.29 is 18.0 Å². The van der Waals surface area contributed by atoms with Gasteiger partial charge in [-0.15, -0.1) is 0 Å². The van der Waals surface area contributed by atoms with Gasteiger partial charge in [0.1, 0.15) is 0 Å². The fourth-order valence-electron chi connectivity index (χ4n) is 1.90. The average Bonchev–Trinajstić information content (AvgIpc) is 2.86. The molecule has 0 bridgehead atoms. The van der Waals surface area contributed by atoms with Crippen molar-refractivity contribution in [2.24, 2.45) is 0 Å². The standard InChI is InChI=1S/C9H15F3N2O/c10-9(11,12)6-15-13-7-3-4-14(5-7)8-1-2-8/h7-8,13H,1-6H2. The van der Waals surface area contributed by atoms with E-state index in [1.54, 1.807) is 0 Å². The summed E-state index contributed by atoms with van der Waals surface area (Å²) in [4.78, 5) is 6.74. The van der Waals surface area contributed by atoms with Crippen LogP contribution in [0.2, 0.25) is 0 Å². The summed E-state index contributed by atoms with van der Waals surface area (Å²) >= 11 is 0. The van der Waals surface area contributed by atoms with Gasteiger partial charge in [-0.1, -0.05) is 0 Å². The average molecular weight is 224 g/mol. The van der Waals surface area contributed by atoms with Gasteiger partial charge >= 0.3 is 6.18 Å². The minimum absolute atomic E-state index is 0.0490. The Balaban J connectivity index is 1.60. The first-order valence-corrected chi connectivity index (χ1v) is 5.23. The predicted octanol–water partition coefficient (Wildman–Crippen LogP) is 1.31. The molecule has 2 aliphatic rings. The number of rotatable bonds is 4. The highest BCUT2D eigenvalue weighted by atomic mass is 19.4.